The molecule has 0 bridgehead atoms. The van der Waals surface area contributed by atoms with Crippen LogP contribution in [0.25, 0.3) is 0 Å². The van der Waals surface area contributed by atoms with Crippen molar-refractivity contribution in [3.8, 4) is 0 Å². The Morgan fingerprint density at radius 3 is 2.19 bits per heavy atom. The molecule has 1 aromatic carbocycles. The number of nitrogens with two attached hydrogens (primary N) is 1. The molecule has 2 saturated carbocycles. The van der Waals surface area contributed by atoms with E-state index >= 15 is 0 Å². The first-order valence-corrected chi connectivity index (χ1v) is 7.36. The number of carboxylic acid groups (broad SMARTS) is 1. The van der Waals surface area contributed by atoms with E-state index in [-0.39, 0.29) is 12.3 Å². The summed E-state index contributed by atoms with van der Waals surface area (Å²) < 4.78 is 0. The highest BCUT2D eigenvalue weighted by molar-refractivity contribution is 5.92. The zero-order chi connectivity index (χ0) is 15.1. The number of amides is 1. The predicted molar refractivity (Wildman–Crippen MR) is 78.7 cm³/mol. The first-order valence-electron chi connectivity index (χ1n) is 7.36. The second kappa shape index (κ2) is 4.76. The summed E-state index contributed by atoms with van der Waals surface area (Å²) in [7, 11) is 0. The van der Waals surface area contributed by atoms with Gasteiger partial charge in [0.2, 0.25) is 5.91 Å². The van der Waals surface area contributed by atoms with Crippen LogP contribution in [0.3, 0.4) is 0 Å². The normalized spacial score (nSPS) is 21.1. The second-order valence-corrected chi connectivity index (χ2v) is 6.36. The number of rotatable bonds is 5. The molecule has 2 fully saturated rings. The molecule has 0 radical (unpaired) electrons. The van der Waals surface area contributed by atoms with Crippen LogP contribution in [0, 0.1) is 0 Å². The zero-order valence-corrected chi connectivity index (χ0v) is 11.9. The third-order valence-electron chi connectivity index (χ3n) is 4.83. The molecule has 2 aliphatic rings. The van der Waals surface area contributed by atoms with Crippen LogP contribution >= 0.6 is 0 Å². The van der Waals surface area contributed by atoms with Gasteiger partial charge in [-0.2, -0.15) is 0 Å². The van der Waals surface area contributed by atoms with Gasteiger partial charge in [0.15, 0.2) is 0 Å². The second-order valence-electron chi connectivity index (χ2n) is 6.36. The molecule has 5 heteroatoms. The molecule has 1 amide bonds. The fourth-order valence-electron chi connectivity index (χ4n) is 3.17. The van der Waals surface area contributed by atoms with Crippen molar-refractivity contribution in [3.63, 3.8) is 0 Å². The number of hydrogen-bond donors (Lipinski definition) is 3. The Bertz CT molecular complexity index is 572. The maximum absolute atomic E-state index is 12.7. The van der Waals surface area contributed by atoms with E-state index in [1.54, 1.807) is 12.1 Å². The van der Waals surface area contributed by atoms with Crippen molar-refractivity contribution in [3.05, 3.63) is 29.8 Å². The van der Waals surface area contributed by atoms with Gasteiger partial charge < -0.3 is 16.2 Å². The highest BCUT2D eigenvalue weighted by Gasteiger charge is 2.54. The molecule has 4 N–H and O–H groups in total. The van der Waals surface area contributed by atoms with Gasteiger partial charge in [-0.15, -0.1) is 0 Å². The van der Waals surface area contributed by atoms with Crippen molar-refractivity contribution in [2.24, 2.45) is 0 Å². The standard InChI is InChI=1S/C16H20N2O3/c17-12-4-2-11(3-5-12)16(8-9-16)14(21)18-15(6-1-7-15)10-13(19)20/h2-5H,1,6-10,17H2,(H,18,21)(H,19,20). The number of nitrogens with one attached hydrogen (secondary N) is 1. The van der Waals surface area contributed by atoms with Crippen molar-refractivity contribution in [2.75, 3.05) is 5.73 Å². The summed E-state index contributed by atoms with van der Waals surface area (Å²) in [5.74, 6) is -0.888. The summed E-state index contributed by atoms with van der Waals surface area (Å²) in [6.45, 7) is 0. The number of nitrogen functional groups attached to an aromatic ring is 1. The highest BCUT2D eigenvalue weighted by Crippen LogP contribution is 2.49. The third kappa shape index (κ3) is 2.48. The summed E-state index contributed by atoms with van der Waals surface area (Å²) in [5, 5.41) is 12.1. The van der Waals surface area contributed by atoms with Crippen LogP contribution in [-0.4, -0.2) is 22.5 Å². The van der Waals surface area contributed by atoms with Gasteiger partial charge >= 0.3 is 5.97 Å². The van der Waals surface area contributed by atoms with Gasteiger partial charge in [-0.1, -0.05) is 12.1 Å². The number of hydrogen-bond acceptors (Lipinski definition) is 3. The molecule has 112 valence electrons. The fourth-order valence-corrected chi connectivity index (χ4v) is 3.17. The number of carbonyl (C=O) groups excluding carboxylic acids is 1. The van der Waals surface area contributed by atoms with Crippen molar-refractivity contribution < 1.29 is 14.7 Å². The van der Waals surface area contributed by atoms with Crippen LogP contribution in [-0.2, 0) is 15.0 Å². The number of carboxylic acids is 1. The van der Waals surface area contributed by atoms with Crippen LogP contribution in [0.1, 0.15) is 44.1 Å². The maximum Gasteiger partial charge on any atom is 0.305 e. The lowest BCUT2D eigenvalue weighted by atomic mass is 9.73. The summed E-state index contributed by atoms with van der Waals surface area (Å²) in [5.41, 5.74) is 6.32. The first kappa shape index (κ1) is 13.9. The minimum Gasteiger partial charge on any atom is -0.481 e. The maximum atomic E-state index is 12.7. The van der Waals surface area contributed by atoms with E-state index in [1.807, 2.05) is 12.1 Å². The minimum atomic E-state index is -0.854. The molecule has 2 aliphatic carbocycles. The smallest absolute Gasteiger partial charge is 0.305 e. The highest BCUT2D eigenvalue weighted by atomic mass is 16.4. The monoisotopic (exact) mass is 288 g/mol. The summed E-state index contributed by atoms with van der Waals surface area (Å²) in [4.78, 5) is 23.7. The van der Waals surface area contributed by atoms with E-state index in [4.69, 9.17) is 10.8 Å². The molecule has 0 spiro atoms. The van der Waals surface area contributed by atoms with Crippen molar-refractivity contribution in [1.29, 1.82) is 0 Å². The SMILES string of the molecule is Nc1ccc(C2(C(=O)NC3(CC(=O)O)CCC3)CC2)cc1. The van der Waals surface area contributed by atoms with E-state index in [9.17, 15) is 9.59 Å². The topological polar surface area (TPSA) is 92.4 Å². The Balaban J connectivity index is 1.75. The average molecular weight is 288 g/mol. The van der Waals surface area contributed by atoms with Gasteiger partial charge in [0.05, 0.1) is 17.4 Å². The number of carbonyl (C=O) groups is 2. The largest absolute Gasteiger partial charge is 0.481 e. The molecule has 5 nitrogen and oxygen atoms in total. The molecule has 1 aromatic rings. The van der Waals surface area contributed by atoms with Crippen LogP contribution in [0.4, 0.5) is 5.69 Å². The van der Waals surface area contributed by atoms with Gasteiger partial charge in [-0.3, -0.25) is 9.59 Å². The van der Waals surface area contributed by atoms with Gasteiger partial charge in [0.25, 0.3) is 0 Å². The van der Waals surface area contributed by atoms with E-state index in [1.165, 1.54) is 0 Å². The Labute approximate surface area is 123 Å². The van der Waals surface area contributed by atoms with Crippen molar-refractivity contribution in [2.45, 2.75) is 49.5 Å². The molecule has 3 rings (SSSR count). The number of anilines is 1. The van der Waals surface area contributed by atoms with E-state index in [2.05, 4.69) is 5.32 Å². The quantitative estimate of drug-likeness (QED) is 0.720. The van der Waals surface area contributed by atoms with Gasteiger partial charge in [0.1, 0.15) is 0 Å². The fraction of sp³-hybridized carbons (Fsp3) is 0.500. The predicted octanol–water partition coefficient (Wildman–Crippen LogP) is 1.81. The third-order valence-corrected chi connectivity index (χ3v) is 4.83. The molecule has 0 atom stereocenters. The van der Waals surface area contributed by atoms with Crippen LogP contribution in [0.15, 0.2) is 24.3 Å². The van der Waals surface area contributed by atoms with Gasteiger partial charge in [-0.05, 0) is 49.8 Å². The van der Waals surface area contributed by atoms with Crippen LogP contribution in [0.5, 0.6) is 0 Å². The molecular weight excluding hydrogens is 268 g/mol. The molecule has 0 aliphatic heterocycles. The van der Waals surface area contributed by atoms with Crippen LogP contribution in [0.2, 0.25) is 0 Å². The van der Waals surface area contributed by atoms with Crippen molar-refractivity contribution >= 4 is 17.6 Å². The van der Waals surface area contributed by atoms with Gasteiger partial charge in [0, 0.05) is 5.69 Å². The molecular formula is C16H20N2O3. The average Bonchev–Trinajstić information content (AvgIpc) is 3.18. The summed E-state index contributed by atoms with van der Waals surface area (Å²) in [6, 6.07) is 7.40. The number of aliphatic carboxylic acids is 1. The Morgan fingerprint density at radius 2 is 1.76 bits per heavy atom. The van der Waals surface area contributed by atoms with Crippen LogP contribution < -0.4 is 11.1 Å². The molecule has 0 unspecified atom stereocenters. The minimum absolute atomic E-state index is 0.0105. The lowest BCUT2D eigenvalue weighted by Crippen LogP contribution is -2.57. The molecule has 21 heavy (non-hydrogen) atoms. The summed E-state index contributed by atoms with van der Waals surface area (Å²) in [6.07, 6.45) is 4.11. The van der Waals surface area contributed by atoms with Gasteiger partial charge in [-0.25, -0.2) is 0 Å². The Hall–Kier alpha value is -2.04. The van der Waals surface area contributed by atoms with Crippen molar-refractivity contribution in [1.82, 2.24) is 5.32 Å². The molecule has 0 heterocycles. The summed E-state index contributed by atoms with van der Waals surface area (Å²) >= 11 is 0. The molecule has 0 aromatic heterocycles. The lowest BCUT2D eigenvalue weighted by Gasteiger charge is -2.42. The Kier molecular flexibility index (Phi) is 3.15. The Morgan fingerprint density at radius 1 is 1.14 bits per heavy atom. The first-order chi connectivity index (χ1) is 9.96. The van der Waals surface area contributed by atoms with E-state index in [0.717, 1.165) is 37.7 Å². The lowest BCUT2D eigenvalue weighted by molar-refractivity contribution is -0.140. The number of benzene rings is 1. The molecule has 0 saturated heterocycles. The zero-order valence-electron chi connectivity index (χ0n) is 11.9. The van der Waals surface area contributed by atoms with E-state index in [0.29, 0.717) is 5.69 Å². The van der Waals surface area contributed by atoms with E-state index < -0.39 is 16.9 Å².